The smallest absolute Gasteiger partial charge is 0.133 e. The third-order valence-electron chi connectivity index (χ3n) is 5.46. The van der Waals surface area contributed by atoms with E-state index in [1.165, 1.54) is 0 Å². The van der Waals surface area contributed by atoms with Gasteiger partial charge in [0.2, 0.25) is 0 Å². The Morgan fingerprint density at radius 3 is 2.79 bits per heavy atom. The maximum absolute atomic E-state index is 9.29. The Kier molecular flexibility index (Phi) is 3.55. The van der Waals surface area contributed by atoms with Crippen molar-refractivity contribution < 1.29 is 0 Å². The molecule has 1 aliphatic rings. The van der Waals surface area contributed by atoms with Gasteiger partial charge in [0, 0.05) is 18.8 Å². The Bertz CT molecular complexity index is 1200. The maximum Gasteiger partial charge on any atom is 0.133 e. The second kappa shape index (κ2) is 5.99. The number of hydrogen-bond acceptors (Lipinski definition) is 6. The van der Waals surface area contributed by atoms with Crippen LogP contribution in [0.4, 0.5) is 0 Å². The van der Waals surface area contributed by atoms with Crippen molar-refractivity contribution in [3.8, 4) is 28.7 Å². The molecule has 4 aromatic heterocycles. The van der Waals surface area contributed by atoms with Crippen molar-refractivity contribution in [2.45, 2.75) is 31.7 Å². The molecule has 4 aromatic rings. The normalized spacial score (nSPS) is 21.5. The van der Waals surface area contributed by atoms with Gasteiger partial charge in [0.15, 0.2) is 0 Å². The Labute approximate surface area is 161 Å². The highest BCUT2D eigenvalue weighted by atomic mass is 15.4. The van der Waals surface area contributed by atoms with Crippen molar-refractivity contribution in [3.05, 3.63) is 37.1 Å². The van der Waals surface area contributed by atoms with Gasteiger partial charge in [0.25, 0.3) is 0 Å². The second-order valence-electron chi connectivity index (χ2n) is 7.66. The number of rotatable bonds is 4. The van der Waals surface area contributed by atoms with E-state index in [0.29, 0.717) is 23.7 Å². The average molecular weight is 373 g/mol. The van der Waals surface area contributed by atoms with E-state index in [2.05, 4.69) is 33.5 Å². The Morgan fingerprint density at radius 1 is 1.21 bits per heavy atom. The summed E-state index contributed by atoms with van der Waals surface area (Å²) in [5.41, 5.74) is 3.74. The minimum Gasteiger partial charge on any atom is -0.265 e. The van der Waals surface area contributed by atoms with Gasteiger partial charge in [0.1, 0.15) is 11.4 Å². The molecule has 1 fully saturated rings. The summed E-state index contributed by atoms with van der Waals surface area (Å²) in [4.78, 5) is 4.83. The van der Waals surface area contributed by atoms with Crippen molar-refractivity contribution in [2.75, 3.05) is 0 Å². The van der Waals surface area contributed by atoms with Crippen LogP contribution in [0.3, 0.4) is 0 Å². The van der Waals surface area contributed by atoms with Crippen molar-refractivity contribution in [2.24, 2.45) is 13.0 Å². The number of nitrogens with zero attached hydrogens (tertiary/aromatic N) is 9. The molecule has 0 unspecified atom stereocenters. The van der Waals surface area contributed by atoms with Crippen LogP contribution in [0.2, 0.25) is 0 Å². The quantitative estimate of drug-likeness (QED) is 0.544. The van der Waals surface area contributed by atoms with Gasteiger partial charge in [-0.15, -0.1) is 5.10 Å². The molecule has 0 amide bonds. The number of fused-ring (bicyclic) bond motifs is 1. The molecule has 0 atom stereocenters. The summed E-state index contributed by atoms with van der Waals surface area (Å²) < 4.78 is 5.39. The lowest BCUT2D eigenvalue weighted by atomic mass is 9.67. The average Bonchev–Trinajstić information content (AvgIpc) is 3.39. The maximum atomic E-state index is 9.29. The zero-order valence-electron chi connectivity index (χ0n) is 15.7. The van der Waals surface area contributed by atoms with E-state index >= 15 is 0 Å². The standard InChI is InChI=1S/C19H19N9/c1-13-7-19(8-13,4-5-20)28-10-14(9-22-28)18-17-3-6-21-27(17)12-15(23-18)16-11-26(2)25-24-16/h3,6,9-13H,4,7-8H2,1-2H3. The van der Waals surface area contributed by atoms with Crippen molar-refractivity contribution in [3.63, 3.8) is 0 Å². The summed E-state index contributed by atoms with van der Waals surface area (Å²) in [5.74, 6) is 0.612. The fourth-order valence-electron chi connectivity index (χ4n) is 4.23. The van der Waals surface area contributed by atoms with Crippen LogP contribution < -0.4 is 0 Å². The summed E-state index contributed by atoms with van der Waals surface area (Å²) in [6.45, 7) is 2.21. The van der Waals surface area contributed by atoms with Gasteiger partial charge < -0.3 is 0 Å². The van der Waals surface area contributed by atoms with Crippen LogP contribution in [0, 0.1) is 17.2 Å². The van der Waals surface area contributed by atoms with E-state index in [4.69, 9.17) is 4.98 Å². The molecule has 4 heterocycles. The lowest BCUT2D eigenvalue weighted by Crippen LogP contribution is -2.45. The van der Waals surface area contributed by atoms with E-state index < -0.39 is 0 Å². The fourth-order valence-corrected chi connectivity index (χ4v) is 4.23. The summed E-state index contributed by atoms with van der Waals surface area (Å²) in [5, 5.41) is 26.4. The van der Waals surface area contributed by atoms with Gasteiger partial charge in [-0.1, -0.05) is 12.1 Å². The predicted molar refractivity (Wildman–Crippen MR) is 101 cm³/mol. The van der Waals surface area contributed by atoms with Crippen LogP contribution in [0.25, 0.3) is 28.2 Å². The van der Waals surface area contributed by atoms with E-state index in [1.54, 1.807) is 15.4 Å². The van der Waals surface area contributed by atoms with Crippen molar-refractivity contribution in [1.29, 1.82) is 5.26 Å². The first-order valence-corrected chi connectivity index (χ1v) is 9.21. The lowest BCUT2D eigenvalue weighted by Gasteiger charge is -2.45. The number of hydrogen-bond donors (Lipinski definition) is 0. The molecule has 0 spiro atoms. The summed E-state index contributed by atoms with van der Waals surface area (Å²) in [6, 6.07) is 4.26. The van der Waals surface area contributed by atoms with E-state index in [9.17, 15) is 5.26 Å². The Balaban J connectivity index is 1.61. The molecular weight excluding hydrogens is 354 g/mol. The molecule has 140 valence electrons. The van der Waals surface area contributed by atoms with Crippen LogP contribution >= 0.6 is 0 Å². The van der Waals surface area contributed by atoms with Gasteiger partial charge >= 0.3 is 0 Å². The largest absolute Gasteiger partial charge is 0.265 e. The highest BCUT2D eigenvalue weighted by Crippen LogP contribution is 2.46. The van der Waals surface area contributed by atoms with E-state index in [1.807, 2.05) is 42.6 Å². The fraction of sp³-hybridized carbons (Fsp3) is 0.368. The van der Waals surface area contributed by atoms with Crippen molar-refractivity contribution in [1.82, 2.24) is 39.4 Å². The molecule has 0 radical (unpaired) electrons. The van der Waals surface area contributed by atoms with Crippen LogP contribution in [0.1, 0.15) is 26.2 Å². The zero-order chi connectivity index (χ0) is 19.3. The second-order valence-corrected chi connectivity index (χ2v) is 7.66. The molecule has 1 aliphatic carbocycles. The third-order valence-corrected chi connectivity index (χ3v) is 5.46. The number of aryl methyl sites for hydroxylation is 1. The van der Waals surface area contributed by atoms with Gasteiger partial charge in [0.05, 0.1) is 54.0 Å². The van der Waals surface area contributed by atoms with Crippen LogP contribution in [-0.2, 0) is 12.6 Å². The Morgan fingerprint density at radius 2 is 2.07 bits per heavy atom. The molecule has 1 saturated carbocycles. The highest BCUT2D eigenvalue weighted by molar-refractivity contribution is 5.77. The number of aromatic nitrogens is 8. The predicted octanol–water partition coefficient (Wildman–Crippen LogP) is 2.43. The zero-order valence-corrected chi connectivity index (χ0v) is 15.7. The molecule has 0 bridgehead atoms. The lowest BCUT2D eigenvalue weighted by molar-refractivity contribution is 0.0682. The molecular formula is C19H19N9. The molecule has 0 aliphatic heterocycles. The van der Waals surface area contributed by atoms with Crippen LogP contribution in [0.5, 0.6) is 0 Å². The highest BCUT2D eigenvalue weighted by Gasteiger charge is 2.44. The summed E-state index contributed by atoms with van der Waals surface area (Å²) in [7, 11) is 1.82. The minimum absolute atomic E-state index is 0.203. The molecule has 0 aromatic carbocycles. The first kappa shape index (κ1) is 16.6. The minimum atomic E-state index is -0.203. The van der Waals surface area contributed by atoms with Crippen LogP contribution in [0.15, 0.2) is 37.1 Å². The molecule has 5 rings (SSSR count). The molecule has 0 N–H and O–H groups in total. The van der Waals surface area contributed by atoms with Gasteiger partial charge in [-0.3, -0.25) is 9.36 Å². The van der Waals surface area contributed by atoms with Gasteiger partial charge in [-0.2, -0.15) is 15.5 Å². The molecule has 9 nitrogen and oxygen atoms in total. The first-order valence-electron chi connectivity index (χ1n) is 9.21. The van der Waals surface area contributed by atoms with Gasteiger partial charge in [-0.25, -0.2) is 9.50 Å². The number of nitriles is 1. The molecule has 9 heteroatoms. The third kappa shape index (κ3) is 2.49. The van der Waals surface area contributed by atoms with E-state index in [-0.39, 0.29) is 5.54 Å². The van der Waals surface area contributed by atoms with Gasteiger partial charge in [-0.05, 0) is 24.8 Å². The topological polar surface area (TPSA) is 103 Å². The van der Waals surface area contributed by atoms with Crippen LogP contribution in [-0.4, -0.2) is 39.4 Å². The monoisotopic (exact) mass is 373 g/mol. The summed E-state index contributed by atoms with van der Waals surface area (Å²) >= 11 is 0. The Hall–Kier alpha value is -3.54. The van der Waals surface area contributed by atoms with Crippen molar-refractivity contribution >= 4 is 5.52 Å². The SMILES string of the molecule is CC1CC(CC#N)(n2cc(-c3nc(-c4cn(C)nn4)cn4nccc34)cn2)C1. The first-order chi connectivity index (χ1) is 13.6. The molecule has 0 saturated heterocycles. The summed E-state index contributed by atoms with van der Waals surface area (Å²) in [6.07, 6.45) is 11.6. The molecule has 28 heavy (non-hydrogen) atoms. The van der Waals surface area contributed by atoms with E-state index in [0.717, 1.165) is 29.6 Å².